The fraction of sp³-hybridized carbons (Fsp3) is 0.533. The fourth-order valence-corrected chi connectivity index (χ4v) is 3.00. The van der Waals surface area contributed by atoms with Crippen LogP contribution in [0.4, 0.5) is 17.6 Å². The number of halogens is 4. The molecule has 1 fully saturated rings. The highest BCUT2D eigenvalue weighted by molar-refractivity contribution is 5.64. The third-order valence-corrected chi connectivity index (χ3v) is 4.35. The average Bonchev–Trinajstić information content (AvgIpc) is 2.41. The number of para-hydroxylation sites is 1. The minimum absolute atomic E-state index is 0.141. The van der Waals surface area contributed by atoms with Crippen LogP contribution in [0.2, 0.25) is 0 Å². The van der Waals surface area contributed by atoms with Gasteiger partial charge in [0.05, 0.1) is 7.11 Å². The zero-order valence-electron chi connectivity index (χ0n) is 11.9. The van der Waals surface area contributed by atoms with Gasteiger partial charge in [0.15, 0.2) is 17.9 Å². The van der Waals surface area contributed by atoms with E-state index < -0.39 is 35.7 Å². The van der Waals surface area contributed by atoms with Crippen LogP contribution in [0.1, 0.15) is 31.2 Å². The smallest absolute Gasteiger partial charge is 0.424 e. The van der Waals surface area contributed by atoms with Crippen LogP contribution < -0.4 is 4.74 Å². The first kappa shape index (κ1) is 16.7. The van der Waals surface area contributed by atoms with Crippen molar-refractivity contribution in [3.63, 3.8) is 0 Å². The first-order valence-corrected chi connectivity index (χ1v) is 6.77. The number of aliphatic hydroxyl groups is 1. The molecular formula is C15H16F4O3. The van der Waals surface area contributed by atoms with Crippen LogP contribution in [0, 0.1) is 5.82 Å². The minimum Gasteiger partial charge on any atom is -0.493 e. The van der Waals surface area contributed by atoms with Crippen LogP contribution >= 0.6 is 0 Å². The third kappa shape index (κ3) is 2.58. The largest absolute Gasteiger partial charge is 0.493 e. The van der Waals surface area contributed by atoms with Crippen molar-refractivity contribution in [1.82, 2.24) is 0 Å². The van der Waals surface area contributed by atoms with Gasteiger partial charge < -0.3 is 9.84 Å². The third-order valence-electron chi connectivity index (χ3n) is 4.35. The molecule has 1 N–H and O–H groups in total. The molecule has 0 heterocycles. The van der Waals surface area contributed by atoms with Crippen molar-refractivity contribution in [2.24, 2.45) is 0 Å². The number of hydrogen-bond acceptors (Lipinski definition) is 3. The van der Waals surface area contributed by atoms with Crippen LogP contribution in [0.25, 0.3) is 0 Å². The van der Waals surface area contributed by atoms with Gasteiger partial charge in [0.25, 0.3) is 0 Å². The van der Waals surface area contributed by atoms with E-state index in [4.69, 9.17) is 4.74 Å². The maximum Gasteiger partial charge on any atom is 0.424 e. The number of alkyl halides is 3. The maximum absolute atomic E-state index is 13.8. The quantitative estimate of drug-likeness (QED) is 0.670. The van der Waals surface area contributed by atoms with Crippen molar-refractivity contribution in [2.75, 3.05) is 7.11 Å². The van der Waals surface area contributed by atoms with Gasteiger partial charge in [-0.2, -0.15) is 13.2 Å². The molecule has 0 saturated heterocycles. The Morgan fingerprint density at radius 2 is 2.00 bits per heavy atom. The summed E-state index contributed by atoms with van der Waals surface area (Å²) in [6.45, 7) is 0. The lowest BCUT2D eigenvalue weighted by molar-refractivity contribution is -0.252. The molecule has 122 valence electrons. The number of hydrogen-bond donors (Lipinski definition) is 1. The van der Waals surface area contributed by atoms with Crippen LogP contribution in [0.5, 0.6) is 5.75 Å². The summed E-state index contributed by atoms with van der Waals surface area (Å²) in [6.07, 6.45) is -5.14. The lowest BCUT2D eigenvalue weighted by atomic mass is 9.59. The monoisotopic (exact) mass is 320 g/mol. The molecule has 0 aromatic heterocycles. The number of carbonyl (C=O) groups is 1. The van der Waals surface area contributed by atoms with Crippen LogP contribution in [0.3, 0.4) is 0 Å². The molecule has 1 aliphatic rings. The Morgan fingerprint density at radius 3 is 2.41 bits per heavy atom. The summed E-state index contributed by atoms with van der Waals surface area (Å²) >= 11 is 0. The molecule has 0 radical (unpaired) electrons. The second-order valence-electron chi connectivity index (χ2n) is 5.67. The van der Waals surface area contributed by atoms with Crippen LogP contribution in [-0.4, -0.2) is 30.3 Å². The van der Waals surface area contributed by atoms with E-state index in [2.05, 4.69) is 0 Å². The molecule has 1 aromatic carbocycles. The second-order valence-corrected chi connectivity index (χ2v) is 5.67. The highest BCUT2D eigenvalue weighted by Gasteiger charge is 2.59. The van der Waals surface area contributed by atoms with E-state index in [0.717, 1.165) is 6.07 Å². The van der Waals surface area contributed by atoms with Gasteiger partial charge in [0.2, 0.25) is 5.60 Å². The number of benzene rings is 1. The molecular weight excluding hydrogens is 304 g/mol. The lowest BCUT2D eigenvalue weighted by Crippen LogP contribution is -2.53. The molecule has 0 spiro atoms. The van der Waals surface area contributed by atoms with Crippen molar-refractivity contribution in [1.29, 1.82) is 0 Å². The van der Waals surface area contributed by atoms with Gasteiger partial charge in [0.1, 0.15) is 0 Å². The molecule has 0 amide bonds. The van der Waals surface area contributed by atoms with Crippen molar-refractivity contribution in [3.8, 4) is 5.75 Å². The summed E-state index contributed by atoms with van der Waals surface area (Å²) in [7, 11) is 1.23. The highest BCUT2D eigenvalue weighted by atomic mass is 19.4. The predicted molar refractivity (Wildman–Crippen MR) is 70.2 cm³/mol. The number of ether oxygens (including phenoxy) is 1. The van der Waals surface area contributed by atoms with Gasteiger partial charge in [-0.1, -0.05) is 18.6 Å². The van der Waals surface area contributed by atoms with E-state index in [-0.39, 0.29) is 11.3 Å². The van der Waals surface area contributed by atoms with Gasteiger partial charge in [0, 0.05) is 17.4 Å². The van der Waals surface area contributed by atoms with Gasteiger partial charge in [-0.05, 0) is 18.9 Å². The number of rotatable bonds is 5. The lowest BCUT2D eigenvalue weighted by Gasteiger charge is -2.46. The molecule has 1 aromatic rings. The Balaban J connectivity index is 2.47. The van der Waals surface area contributed by atoms with Crippen molar-refractivity contribution in [2.45, 2.75) is 42.9 Å². The second kappa shape index (κ2) is 5.53. The van der Waals surface area contributed by atoms with Crippen LogP contribution in [0.15, 0.2) is 18.2 Å². The predicted octanol–water partition coefficient (Wildman–Crippen LogP) is 3.14. The maximum atomic E-state index is 13.8. The summed E-state index contributed by atoms with van der Waals surface area (Å²) in [5, 5.41) is 9.72. The molecule has 1 saturated carbocycles. The fourth-order valence-electron chi connectivity index (χ4n) is 3.00. The van der Waals surface area contributed by atoms with Gasteiger partial charge >= 0.3 is 6.18 Å². The summed E-state index contributed by atoms with van der Waals surface area (Å²) in [6, 6.07) is 3.99. The zero-order chi connectivity index (χ0) is 16.6. The molecule has 1 aliphatic carbocycles. The van der Waals surface area contributed by atoms with Gasteiger partial charge in [-0.15, -0.1) is 0 Å². The minimum atomic E-state index is -5.09. The van der Waals surface area contributed by atoms with E-state index in [1.807, 2.05) is 0 Å². The van der Waals surface area contributed by atoms with E-state index in [1.54, 1.807) is 0 Å². The van der Waals surface area contributed by atoms with E-state index in [1.165, 1.54) is 19.2 Å². The summed E-state index contributed by atoms with van der Waals surface area (Å²) < 4.78 is 57.7. The summed E-state index contributed by atoms with van der Waals surface area (Å²) in [4.78, 5) is 10.9. The standard InChI is InChI=1S/C15H16F4O3/c1-22-12-10(4-2-5-11(12)16)13(6-3-7-13)8-14(21,9-20)15(17,18)19/h2,4-5,9,21H,3,6-8H2,1H3. The number of methoxy groups -OCH3 is 1. The first-order valence-electron chi connectivity index (χ1n) is 6.77. The van der Waals surface area contributed by atoms with E-state index >= 15 is 0 Å². The Labute approximate surface area is 124 Å². The van der Waals surface area contributed by atoms with Crippen molar-refractivity contribution in [3.05, 3.63) is 29.6 Å². The average molecular weight is 320 g/mol. The molecule has 0 aliphatic heterocycles. The van der Waals surface area contributed by atoms with Gasteiger partial charge in [-0.3, -0.25) is 4.79 Å². The van der Waals surface area contributed by atoms with Crippen LogP contribution in [-0.2, 0) is 10.2 Å². The Hall–Kier alpha value is -1.63. The normalized spacial score (nSPS) is 19.9. The molecule has 1 unspecified atom stereocenters. The van der Waals surface area contributed by atoms with E-state index in [9.17, 15) is 27.5 Å². The Bertz CT molecular complexity index is 566. The molecule has 0 bridgehead atoms. The topological polar surface area (TPSA) is 46.5 Å². The SMILES string of the molecule is COc1c(F)cccc1C1(CC(O)(C=O)C(F)(F)F)CCC1. The number of aldehydes is 1. The molecule has 7 heteroatoms. The van der Waals surface area contributed by atoms with Crippen molar-refractivity contribution >= 4 is 6.29 Å². The Morgan fingerprint density at radius 1 is 1.36 bits per heavy atom. The zero-order valence-corrected chi connectivity index (χ0v) is 11.9. The van der Waals surface area contributed by atoms with Crippen molar-refractivity contribution < 1.29 is 32.2 Å². The summed E-state index contributed by atoms with van der Waals surface area (Å²) in [5.41, 5.74) is -4.32. The van der Waals surface area contributed by atoms with E-state index in [0.29, 0.717) is 19.3 Å². The first-order chi connectivity index (χ1) is 10.2. The summed E-state index contributed by atoms with van der Waals surface area (Å²) in [5.74, 6) is -0.828. The Kier molecular flexibility index (Phi) is 4.21. The highest BCUT2D eigenvalue weighted by Crippen LogP contribution is 2.53. The van der Waals surface area contributed by atoms with Gasteiger partial charge in [-0.25, -0.2) is 4.39 Å². The molecule has 2 rings (SSSR count). The number of carbonyl (C=O) groups excluding carboxylic acids is 1. The molecule has 22 heavy (non-hydrogen) atoms. The molecule has 3 nitrogen and oxygen atoms in total. The molecule has 1 atom stereocenters.